The molecule has 0 aromatic rings. The lowest BCUT2D eigenvalue weighted by molar-refractivity contribution is 0.0542. The fourth-order valence-electron chi connectivity index (χ4n) is 2.29. The third-order valence-electron chi connectivity index (χ3n) is 2.82. The molecule has 0 fully saturated rings. The van der Waals surface area contributed by atoms with Gasteiger partial charge in [0, 0.05) is 39.3 Å². The Kier molecular flexibility index (Phi) is 15.7. The van der Waals surface area contributed by atoms with Crippen LogP contribution >= 0.6 is 0 Å². The molecule has 0 aromatic carbocycles. The van der Waals surface area contributed by atoms with Crippen molar-refractivity contribution in [2.75, 3.05) is 39.3 Å². The van der Waals surface area contributed by atoms with E-state index < -0.39 is 24.4 Å². The minimum atomic E-state index is -0.448. The van der Waals surface area contributed by atoms with Crippen molar-refractivity contribution in [2.45, 2.75) is 52.1 Å². The van der Waals surface area contributed by atoms with Crippen molar-refractivity contribution in [3.8, 4) is 0 Å². The number of aliphatic hydroxyl groups is 4. The molecule has 4 unspecified atom stereocenters. The lowest BCUT2D eigenvalue weighted by atomic mass is 10.2. The quantitative estimate of drug-likeness (QED) is 0.327. The third-order valence-corrected chi connectivity index (χ3v) is 2.82. The summed E-state index contributed by atoms with van der Waals surface area (Å²) in [6, 6.07) is 0. The van der Waals surface area contributed by atoms with Gasteiger partial charge in [-0.15, -0.1) is 0 Å². The molecule has 0 amide bonds. The molecule has 0 heterocycles. The monoisotopic (exact) mass is 333 g/mol. The van der Waals surface area contributed by atoms with E-state index in [9.17, 15) is 20.4 Å². The van der Waals surface area contributed by atoms with Crippen LogP contribution in [0.2, 0.25) is 0 Å². The minimum absolute atomic E-state index is 0.448. The van der Waals surface area contributed by atoms with Crippen LogP contribution in [0.3, 0.4) is 0 Å². The van der Waals surface area contributed by atoms with Crippen LogP contribution in [0.5, 0.6) is 0 Å². The third kappa shape index (κ3) is 19.2. The van der Waals surface area contributed by atoms with Gasteiger partial charge < -0.3 is 20.4 Å². The van der Waals surface area contributed by atoms with Crippen molar-refractivity contribution in [2.24, 2.45) is 0 Å². The van der Waals surface area contributed by atoms with Crippen LogP contribution in [-0.4, -0.2) is 99.8 Å². The van der Waals surface area contributed by atoms with Crippen molar-refractivity contribution in [3.05, 3.63) is 6.58 Å². The fraction of sp³-hybridized carbons (Fsp3) is 0.875. The number of nitrogens with one attached hydrogen (secondary N) is 1. The average molecular weight is 333 g/mol. The normalized spacial score (nSPS) is 16.3. The van der Waals surface area contributed by atoms with Gasteiger partial charge in [0.2, 0.25) is 0 Å². The zero-order chi connectivity index (χ0) is 18.4. The molecule has 7 heteroatoms. The smallest absolute Gasteiger partial charge is 0.0639 e. The second-order valence-electron chi connectivity index (χ2n) is 6.09. The van der Waals surface area contributed by atoms with E-state index in [0.29, 0.717) is 39.3 Å². The van der Waals surface area contributed by atoms with Gasteiger partial charge in [-0.3, -0.25) is 15.2 Å². The summed E-state index contributed by atoms with van der Waals surface area (Å²) in [5, 5.41) is 43.7. The number of hydrogen-bond donors (Lipinski definition) is 5. The van der Waals surface area contributed by atoms with Gasteiger partial charge in [-0.25, -0.2) is 0 Å². The van der Waals surface area contributed by atoms with Gasteiger partial charge in [0.1, 0.15) is 0 Å². The fourth-order valence-corrected chi connectivity index (χ4v) is 2.29. The van der Waals surface area contributed by atoms with Gasteiger partial charge in [-0.1, -0.05) is 0 Å². The second-order valence-corrected chi connectivity index (χ2v) is 6.09. The van der Waals surface area contributed by atoms with Crippen LogP contribution in [0, 0.1) is 5.41 Å². The number of aliphatic hydroxyl groups excluding tert-OH is 4. The summed E-state index contributed by atoms with van der Waals surface area (Å²) in [6.07, 6.45) is -1.79. The molecule has 23 heavy (non-hydrogen) atoms. The molecule has 5 N–H and O–H groups in total. The van der Waals surface area contributed by atoms with Crippen LogP contribution in [0.4, 0.5) is 0 Å². The Hall–Kier alpha value is -0.790. The summed E-state index contributed by atoms with van der Waals surface area (Å²) < 4.78 is 0. The highest BCUT2D eigenvalue weighted by atomic mass is 16.3. The maximum absolute atomic E-state index is 9.47. The van der Waals surface area contributed by atoms with Crippen LogP contribution < -0.4 is 0 Å². The molecule has 0 saturated carbocycles. The predicted molar refractivity (Wildman–Crippen MR) is 93.0 cm³/mol. The summed E-state index contributed by atoms with van der Waals surface area (Å²) in [7, 11) is 0. The van der Waals surface area contributed by atoms with Crippen molar-refractivity contribution in [1.29, 1.82) is 5.41 Å². The Morgan fingerprint density at radius 2 is 0.913 bits per heavy atom. The molecular formula is C16H35N3O4. The number of rotatable bonds is 11. The predicted octanol–water partition coefficient (Wildman–Crippen LogP) is -0.466. The van der Waals surface area contributed by atoms with Crippen molar-refractivity contribution in [3.63, 3.8) is 0 Å². The highest BCUT2D eigenvalue weighted by Crippen LogP contribution is 2.00. The Labute approximate surface area is 140 Å². The lowest BCUT2D eigenvalue weighted by Crippen LogP contribution is -2.44. The zero-order valence-corrected chi connectivity index (χ0v) is 14.9. The maximum atomic E-state index is 9.47. The van der Waals surface area contributed by atoms with E-state index in [1.54, 1.807) is 33.6 Å². The van der Waals surface area contributed by atoms with Crippen LogP contribution in [0.1, 0.15) is 27.7 Å². The van der Waals surface area contributed by atoms with Crippen LogP contribution in [0.25, 0.3) is 0 Å². The summed E-state index contributed by atoms with van der Waals surface area (Å²) in [4.78, 5) is 3.98. The summed E-state index contributed by atoms with van der Waals surface area (Å²) in [5.41, 5.74) is 0. The van der Waals surface area contributed by atoms with Gasteiger partial charge in [0.15, 0.2) is 0 Å². The molecule has 0 saturated heterocycles. The van der Waals surface area contributed by atoms with Gasteiger partial charge >= 0.3 is 0 Å². The Balaban J connectivity index is 0. The van der Waals surface area contributed by atoms with E-state index >= 15 is 0 Å². The van der Waals surface area contributed by atoms with E-state index in [4.69, 9.17) is 5.41 Å². The van der Waals surface area contributed by atoms with E-state index in [2.05, 4.69) is 6.58 Å². The van der Waals surface area contributed by atoms with Gasteiger partial charge in [-0.05, 0) is 40.1 Å². The molecule has 4 atom stereocenters. The highest BCUT2D eigenvalue weighted by molar-refractivity contribution is 5.41. The van der Waals surface area contributed by atoms with E-state index in [1.807, 2.05) is 9.80 Å². The first-order valence-electron chi connectivity index (χ1n) is 7.98. The Morgan fingerprint density at radius 1 is 0.739 bits per heavy atom. The SMILES string of the molecule is C=C=N.CC(O)CN(CCN(CC(C)O)CC(C)O)CC(C)O. The molecule has 0 aliphatic heterocycles. The zero-order valence-electron chi connectivity index (χ0n) is 14.9. The summed E-state index contributed by atoms with van der Waals surface area (Å²) >= 11 is 0. The van der Waals surface area contributed by atoms with Gasteiger partial charge in [-0.2, -0.15) is 0 Å². The summed E-state index contributed by atoms with van der Waals surface area (Å²) in [5.74, 6) is 1.75. The van der Waals surface area contributed by atoms with Crippen molar-refractivity contribution < 1.29 is 20.4 Å². The summed E-state index contributed by atoms with van der Waals surface area (Å²) in [6.45, 7) is 13.1. The average Bonchev–Trinajstić information content (AvgIpc) is 2.33. The molecular weight excluding hydrogens is 298 g/mol. The maximum Gasteiger partial charge on any atom is 0.0639 e. The van der Waals surface area contributed by atoms with E-state index in [1.165, 1.54) is 0 Å². The van der Waals surface area contributed by atoms with E-state index in [0.717, 1.165) is 0 Å². The highest BCUT2D eigenvalue weighted by Gasteiger charge is 2.15. The Morgan fingerprint density at radius 3 is 1.04 bits per heavy atom. The van der Waals surface area contributed by atoms with Crippen molar-refractivity contribution in [1.82, 2.24) is 9.80 Å². The molecule has 0 aromatic heterocycles. The molecule has 138 valence electrons. The molecule has 0 aliphatic carbocycles. The largest absolute Gasteiger partial charge is 0.392 e. The van der Waals surface area contributed by atoms with Gasteiger partial charge in [0.05, 0.1) is 24.4 Å². The van der Waals surface area contributed by atoms with Gasteiger partial charge in [0.25, 0.3) is 0 Å². The molecule has 0 radical (unpaired) electrons. The second kappa shape index (κ2) is 14.8. The van der Waals surface area contributed by atoms with Crippen LogP contribution in [-0.2, 0) is 0 Å². The Bertz CT molecular complexity index is 260. The molecule has 0 rings (SSSR count). The van der Waals surface area contributed by atoms with Crippen LogP contribution in [0.15, 0.2) is 6.58 Å². The van der Waals surface area contributed by atoms with Crippen molar-refractivity contribution >= 4 is 5.87 Å². The standard InChI is InChI=1S/C14H32N2O4.C2H3N/c1-11(17)7-15(8-12(2)18)5-6-16(9-13(3)19)10-14(4)20;1-2-3/h11-14,17-20H,5-10H2,1-4H3;3H,1H2. The molecule has 7 nitrogen and oxygen atoms in total. The minimum Gasteiger partial charge on any atom is -0.392 e. The van der Waals surface area contributed by atoms with E-state index in [-0.39, 0.29) is 0 Å². The molecule has 0 aliphatic rings. The number of nitrogens with zero attached hydrogens (tertiary/aromatic N) is 2. The molecule has 0 bridgehead atoms. The number of hydrogen-bond acceptors (Lipinski definition) is 7. The first kappa shape index (κ1) is 24.5. The first-order chi connectivity index (χ1) is 10.6. The lowest BCUT2D eigenvalue weighted by Gasteiger charge is -2.30. The topological polar surface area (TPSA) is 111 Å². The first-order valence-corrected chi connectivity index (χ1v) is 7.98. The molecule has 0 spiro atoms.